The Morgan fingerprint density at radius 3 is 2.73 bits per heavy atom. The van der Waals surface area contributed by atoms with Crippen LogP contribution in [-0.4, -0.2) is 22.7 Å². The Morgan fingerprint density at radius 1 is 1.53 bits per heavy atom. The molecule has 0 spiro atoms. The molecule has 1 aromatic rings. The molecule has 0 saturated heterocycles. The van der Waals surface area contributed by atoms with E-state index in [0.29, 0.717) is 6.04 Å². The summed E-state index contributed by atoms with van der Waals surface area (Å²) in [6, 6.07) is 0.710. The third-order valence-corrected chi connectivity index (χ3v) is 3.90. The van der Waals surface area contributed by atoms with Crippen molar-refractivity contribution in [3.63, 3.8) is 0 Å². The highest BCUT2D eigenvalue weighted by molar-refractivity contribution is 7.15. The second kappa shape index (κ2) is 4.49. The van der Waals surface area contributed by atoms with Gasteiger partial charge >= 0.3 is 0 Å². The van der Waals surface area contributed by atoms with Gasteiger partial charge in [-0.05, 0) is 26.2 Å². The predicted octanol–water partition coefficient (Wildman–Crippen LogP) is 2.32. The van der Waals surface area contributed by atoms with Crippen LogP contribution in [0.3, 0.4) is 0 Å². The van der Waals surface area contributed by atoms with Crippen molar-refractivity contribution in [1.82, 2.24) is 4.98 Å². The van der Waals surface area contributed by atoms with Gasteiger partial charge in [0.05, 0.1) is 17.2 Å². The van der Waals surface area contributed by atoms with Gasteiger partial charge in [-0.25, -0.2) is 4.98 Å². The summed E-state index contributed by atoms with van der Waals surface area (Å²) in [6.45, 7) is 5.38. The molecule has 15 heavy (non-hydrogen) atoms. The molecular formula is C11H18N2OS. The minimum atomic E-state index is 0.119. The molecular weight excluding hydrogens is 208 g/mol. The molecule has 2 rings (SSSR count). The van der Waals surface area contributed by atoms with E-state index in [1.54, 1.807) is 11.3 Å². The van der Waals surface area contributed by atoms with Crippen LogP contribution in [0.15, 0.2) is 0 Å². The van der Waals surface area contributed by atoms with E-state index in [1.807, 2.05) is 6.92 Å². The maximum absolute atomic E-state index is 9.15. The molecule has 0 atom stereocenters. The highest BCUT2D eigenvalue weighted by atomic mass is 32.1. The van der Waals surface area contributed by atoms with Crippen LogP contribution >= 0.6 is 11.3 Å². The van der Waals surface area contributed by atoms with Gasteiger partial charge in [-0.2, -0.15) is 0 Å². The Bertz CT molecular complexity index is 333. The average molecular weight is 226 g/mol. The normalized spacial score (nSPS) is 15.7. The lowest BCUT2D eigenvalue weighted by Crippen LogP contribution is -2.26. The minimum Gasteiger partial charge on any atom is -0.391 e. The molecule has 1 N–H and O–H groups in total. The number of rotatable bonds is 5. The van der Waals surface area contributed by atoms with E-state index in [4.69, 9.17) is 5.11 Å². The molecule has 1 heterocycles. The van der Waals surface area contributed by atoms with Crippen molar-refractivity contribution in [1.29, 1.82) is 0 Å². The summed E-state index contributed by atoms with van der Waals surface area (Å²) in [7, 11) is 0. The van der Waals surface area contributed by atoms with Crippen LogP contribution < -0.4 is 4.90 Å². The van der Waals surface area contributed by atoms with Crippen LogP contribution in [0.25, 0.3) is 0 Å². The zero-order valence-electron chi connectivity index (χ0n) is 9.36. The first kappa shape index (κ1) is 10.9. The van der Waals surface area contributed by atoms with E-state index in [2.05, 4.69) is 16.8 Å². The van der Waals surface area contributed by atoms with Gasteiger partial charge in [0.25, 0.3) is 0 Å². The van der Waals surface area contributed by atoms with Gasteiger partial charge in [-0.1, -0.05) is 18.3 Å². The third-order valence-electron chi connectivity index (χ3n) is 2.72. The predicted molar refractivity (Wildman–Crippen MR) is 63.4 cm³/mol. The van der Waals surface area contributed by atoms with Gasteiger partial charge < -0.3 is 10.0 Å². The first-order valence-corrected chi connectivity index (χ1v) is 6.41. The van der Waals surface area contributed by atoms with E-state index in [-0.39, 0.29) is 6.61 Å². The summed E-state index contributed by atoms with van der Waals surface area (Å²) < 4.78 is 0. The number of aliphatic hydroxyl groups is 1. The van der Waals surface area contributed by atoms with E-state index in [9.17, 15) is 0 Å². The third kappa shape index (κ3) is 2.32. The molecule has 3 nitrogen and oxygen atoms in total. The molecule has 0 radical (unpaired) electrons. The van der Waals surface area contributed by atoms with Gasteiger partial charge in [0, 0.05) is 12.6 Å². The highest BCUT2D eigenvalue weighted by Crippen LogP contribution is 2.35. The molecule has 1 aliphatic carbocycles. The quantitative estimate of drug-likeness (QED) is 0.837. The highest BCUT2D eigenvalue weighted by Gasteiger charge is 2.30. The number of hydrogen-bond acceptors (Lipinski definition) is 4. The first-order valence-electron chi connectivity index (χ1n) is 5.60. The molecule has 1 saturated carbocycles. The molecule has 1 aromatic heterocycles. The number of anilines is 1. The smallest absolute Gasteiger partial charge is 0.186 e. The fourth-order valence-corrected chi connectivity index (χ4v) is 2.76. The number of nitrogens with zero attached hydrogens (tertiary/aromatic N) is 2. The van der Waals surface area contributed by atoms with Crippen LogP contribution in [-0.2, 0) is 6.61 Å². The van der Waals surface area contributed by atoms with Crippen molar-refractivity contribution >= 4 is 16.5 Å². The SMILES string of the molecule is CCCN(c1nc(C)c(CO)s1)C1CC1. The topological polar surface area (TPSA) is 36.4 Å². The van der Waals surface area contributed by atoms with Crippen molar-refractivity contribution in [2.75, 3.05) is 11.4 Å². The molecule has 0 bridgehead atoms. The molecule has 84 valence electrons. The summed E-state index contributed by atoms with van der Waals surface area (Å²) in [6.07, 6.45) is 3.75. The van der Waals surface area contributed by atoms with Crippen molar-refractivity contribution in [2.24, 2.45) is 0 Å². The van der Waals surface area contributed by atoms with Crippen LogP contribution in [0.2, 0.25) is 0 Å². The van der Waals surface area contributed by atoms with E-state index in [1.165, 1.54) is 12.8 Å². The van der Waals surface area contributed by atoms with Gasteiger partial charge in [-0.15, -0.1) is 0 Å². The van der Waals surface area contributed by atoms with Crippen LogP contribution in [0.4, 0.5) is 5.13 Å². The van der Waals surface area contributed by atoms with E-state index >= 15 is 0 Å². The average Bonchev–Trinajstić information content (AvgIpc) is 2.99. The molecule has 1 aliphatic rings. The maximum Gasteiger partial charge on any atom is 0.186 e. The Kier molecular flexibility index (Phi) is 3.26. The largest absolute Gasteiger partial charge is 0.391 e. The van der Waals surface area contributed by atoms with Crippen molar-refractivity contribution in [3.05, 3.63) is 10.6 Å². The monoisotopic (exact) mass is 226 g/mol. The van der Waals surface area contributed by atoms with Crippen molar-refractivity contribution in [3.8, 4) is 0 Å². The number of aromatic nitrogens is 1. The lowest BCUT2D eigenvalue weighted by atomic mass is 10.4. The molecule has 4 heteroatoms. The zero-order valence-corrected chi connectivity index (χ0v) is 10.2. The molecule has 0 amide bonds. The minimum absolute atomic E-state index is 0.119. The summed E-state index contributed by atoms with van der Waals surface area (Å²) in [5, 5.41) is 10.2. The molecule has 0 aromatic carbocycles. The van der Waals surface area contributed by atoms with E-state index < -0.39 is 0 Å². The number of aliphatic hydroxyl groups excluding tert-OH is 1. The summed E-state index contributed by atoms with van der Waals surface area (Å²) >= 11 is 1.64. The Hall–Kier alpha value is -0.610. The Labute approximate surface area is 94.8 Å². The van der Waals surface area contributed by atoms with Gasteiger partial charge in [0.1, 0.15) is 0 Å². The van der Waals surface area contributed by atoms with Gasteiger partial charge in [0.2, 0.25) is 0 Å². The fourth-order valence-electron chi connectivity index (χ4n) is 1.74. The standard InChI is InChI=1S/C11H18N2OS/c1-3-6-13(9-4-5-9)11-12-8(2)10(7-14)15-11/h9,14H,3-7H2,1-2H3. The lowest BCUT2D eigenvalue weighted by molar-refractivity contribution is 0.284. The van der Waals surface area contributed by atoms with Crippen LogP contribution in [0.5, 0.6) is 0 Å². The second-order valence-corrected chi connectivity index (χ2v) is 5.15. The Morgan fingerprint density at radius 2 is 2.27 bits per heavy atom. The number of thiazole rings is 1. The van der Waals surface area contributed by atoms with E-state index in [0.717, 1.165) is 28.7 Å². The Balaban J connectivity index is 2.17. The van der Waals surface area contributed by atoms with Crippen molar-refractivity contribution < 1.29 is 5.11 Å². The fraction of sp³-hybridized carbons (Fsp3) is 0.727. The maximum atomic E-state index is 9.15. The summed E-state index contributed by atoms with van der Waals surface area (Å²) in [5.41, 5.74) is 0.985. The number of hydrogen-bond donors (Lipinski definition) is 1. The van der Waals surface area contributed by atoms with Crippen molar-refractivity contribution in [2.45, 2.75) is 45.8 Å². The zero-order chi connectivity index (χ0) is 10.8. The van der Waals surface area contributed by atoms with Crippen LogP contribution in [0, 0.1) is 6.92 Å². The van der Waals surface area contributed by atoms with Gasteiger partial charge in [-0.3, -0.25) is 0 Å². The second-order valence-electron chi connectivity index (χ2n) is 4.09. The summed E-state index contributed by atoms with van der Waals surface area (Å²) in [4.78, 5) is 7.95. The lowest BCUT2D eigenvalue weighted by Gasteiger charge is -2.20. The van der Waals surface area contributed by atoms with Crippen LogP contribution in [0.1, 0.15) is 36.8 Å². The molecule has 0 unspecified atom stereocenters. The molecule has 0 aliphatic heterocycles. The first-order chi connectivity index (χ1) is 7.26. The van der Waals surface area contributed by atoms with Gasteiger partial charge in [0.15, 0.2) is 5.13 Å². The summed E-state index contributed by atoms with van der Waals surface area (Å²) in [5.74, 6) is 0. The molecule has 1 fully saturated rings. The number of aryl methyl sites for hydroxylation is 1.